The van der Waals surface area contributed by atoms with Crippen molar-refractivity contribution in [1.29, 1.82) is 0 Å². The van der Waals surface area contributed by atoms with E-state index in [1.165, 1.54) is 0 Å². The van der Waals surface area contributed by atoms with Crippen LogP contribution in [-0.4, -0.2) is 30.4 Å². The van der Waals surface area contributed by atoms with Gasteiger partial charge in [0.25, 0.3) is 0 Å². The summed E-state index contributed by atoms with van der Waals surface area (Å²) < 4.78 is 23.1. The second kappa shape index (κ2) is 7.86. The Kier molecular flexibility index (Phi) is 6.22. The van der Waals surface area contributed by atoms with Gasteiger partial charge in [-0.25, -0.2) is 0 Å². The van der Waals surface area contributed by atoms with Crippen molar-refractivity contribution in [1.82, 2.24) is 4.98 Å². The van der Waals surface area contributed by atoms with Crippen LogP contribution in [0.15, 0.2) is 42.7 Å². The first-order chi connectivity index (χ1) is 11.8. The number of benzene rings is 1. The van der Waals surface area contributed by atoms with Gasteiger partial charge in [0, 0.05) is 11.7 Å². The topological polar surface area (TPSA) is 49.8 Å². The summed E-state index contributed by atoms with van der Waals surface area (Å²) in [5.41, 5.74) is 1.16. The highest BCUT2D eigenvalue weighted by Gasteiger charge is 2.51. The number of nitrogens with zero attached hydrogens (tertiary/aromatic N) is 1. The van der Waals surface area contributed by atoms with Gasteiger partial charge >= 0.3 is 7.12 Å². The number of aromatic nitrogens is 1. The molecule has 7 heteroatoms. The van der Waals surface area contributed by atoms with E-state index < -0.39 is 7.12 Å². The molecule has 3 rings (SSSR count). The number of ether oxygens (including phenoxy) is 2. The van der Waals surface area contributed by atoms with Gasteiger partial charge in [-0.15, -0.1) is 12.4 Å². The van der Waals surface area contributed by atoms with E-state index in [4.69, 9.17) is 18.8 Å². The molecule has 0 unspecified atom stereocenters. The molecule has 5 nitrogen and oxygen atoms in total. The first kappa shape index (κ1) is 20.6. The molecule has 2 aromatic rings. The Hall–Kier alpha value is -1.76. The Morgan fingerprint density at radius 3 is 2.15 bits per heavy atom. The summed E-state index contributed by atoms with van der Waals surface area (Å²) in [6.45, 7) is 8.59. The highest BCUT2D eigenvalue weighted by molar-refractivity contribution is 6.62. The Labute approximate surface area is 161 Å². The molecule has 26 heavy (non-hydrogen) atoms. The van der Waals surface area contributed by atoms with Crippen molar-refractivity contribution >= 4 is 25.0 Å². The lowest BCUT2D eigenvalue weighted by Crippen LogP contribution is -2.41. The SMILES string of the molecule is COc1ccc(COc2cncc(B3OC(C)(C)C(C)(C)O3)c2)cc1.Cl. The summed E-state index contributed by atoms with van der Waals surface area (Å²) in [6, 6.07) is 9.70. The van der Waals surface area contributed by atoms with E-state index in [0.717, 1.165) is 16.8 Å². The summed E-state index contributed by atoms with van der Waals surface area (Å²) in [7, 11) is 1.21. The predicted octanol–water partition coefficient (Wildman–Crippen LogP) is 3.39. The quantitative estimate of drug-likeness (QED) is 0.748. The molecule has 1 aliphatic heterocycles. The molecule has 0 aliphatic carbocycles. The van der Waals surface area contributed by atoms with Crippen LogP contribution in [0.25, 0.3) is 0 Å². The molecule has 0 bridgehead atoms. The molecule has 0 radical (unpaired) electrons. The molecule has 2 heterocycles. The lowest BCUT2D eigenvalue weighted by molar-refractivity contribution is 0.00578. The third-order valence-corrected chi connectivity index (χ3v) is 4.82. The average molecular weight is 378 g/mol. The zero-order valence-corrected chi connectivity index (χ0v) is 16.6. The largest absolute Gasteiger partial charge is 0.497 e. The van der Waals surface area contributed by atoms with E-state index in [1.54, 1.807) is 19.5 Å². The molecule has 1 aromatic heterocycles. The fourth-order valence-corrected chi connectivity index (χ4v) is 2.51. The number of methoxy groups -OCH3 is 1. The van der Waals surface area contributed by atoms with Crippen LogP contribution in [0.4, 0.5) is 0 Å². The van der Waals surface area contributed by atoms with Crippen molar-refractivity contribution in [2.24, 2.45) is 0 Å². The van der Waals surface area contributed by atoms with Crippen LogP contribution in [-0.2, 0) is 15.9 Å². The van der Waals surface area contributed by atoms with E-state index in [-0.39, 0.29) is 23.6 Å². The molecule has 140 valence electrons. The summed E-state index contributed by atoms with van der Waals surface area (Å²) in [4.78, 5) is 4.26. The van der Waals surface area contributed by atoms with Gasteiger partial charge < -0.3 is 18.8 Å². The molecule has 0 saturated carbocycles. The summed E-state index contributed by atoms with van der Waals surface area (Å²) >= 11 is 0. The van der Waals surface area contributed by atoms with E-state index in [1.807, 2.05) is 58.0 Å². The minimum Gasteiger partial charge on any atom is -0.497 e. The first-order valence-electron chi connectivity index (χ1n) is 8.37. The van der Waals surface area contributed by atoms with Crippen LogP contribution >= 0.6 is 12.4 Å². The smallest absolute Gasteiger partial charge is 0.496 e. The zero-order chi connectivity index (χ0) is 18.1. The maximum atomic E-state index is 6.06. The summed E-state index contributed by atoms with van der Waals surface area (Å²) in [5, 5.41) is 0. The molecular weight excluding hydrogens is 352 g/mol. The van der Waals surface area contributed by atoms with Gasteiger partial charge in [0.1, 0.15) is 18.1 Å². The molecule has 1 fully saturated rings. The molecule has 0 atom stereocenters. The lowest BCUT2D eigenvalue weighted by atomic mass is 9.80. The molecular formula is C19H25BClNO4. The maximum Gasteiger partial charge on any atom is 0.496 e. The number of rotatable bonds is 5. The van der Waals surface area contributed by atoms with Gasteiger partial charge in [-0.05, 0) is 51.5 Å². The molecule has 1 saturated heterocycles. The molecule has 0 spiro atoms. The second-order valence-electron chi connectivity index (χ2n) is 7.18. The van der Waals surface area contributed by atoms with Gasteiger partial charge in [0.05, 0.1) is 24.5 Å². The average Bonchev–Trinajstić information content (AvgIpc) is 2.81. The van der Waals surface area contributed by atoms with Crippen LogP contribution in [0.5, 0.6) is 11.5 Å². The molecule has 1 aromatic carbocycles. The first-order valence-corrected chi connectivity index (χ1v) is 8.37. The Morgan fingerprint density at radius 2 is 1.58 bits per heavy atom. The predicted molar refractivity (Wildman–Crippen MR) is 105 cm³/mol. The van der Waals surface area contributed by atoms with Crippen molar-refractivity contribution in [3.05, 3.63) is 48.3 Å². The number of hydrogen-bond donors (Lipinski definition) is 0. The zero-order valence-electron chi connectivity index (χ0n) is 15.8. The third kappa shape index (κ3) is 4.31. The molecule has 0 amide bonds. The van der Waals surface area contributed by atoms with Crippen molar-refractivity contribution < 1.29 is 18.8 Å². The van der Waals surface area contributed by atoms with Gasteiger partial charge in [-0.3, -0.25) is 4.98 Å². The van der Waals surface area contributed by atoms with Crippen LogP contribution in [0.1, 0.15) is 33.3 Å². The van der Waals surface area contributed by atoms with Crippen molar-refractivity contribution in [3.8, 4) is 11.5 Å². The highest BCUT2D eigenvalue weighted by Crippen LogP contribution is 2.36. The van der Waals surface area contributed by atoms with Crippen LogP contribution in [0.3, 0.4) is 0 Å². The maximum absolute atomic E-state index is 6.06. The minimum absolute atomic E-state index is 0. The van der Waals surface area contributed by atoms with Crippen LogP contribution in [0.2, 0.25) is 0 Å². The number of hydrogen-bond acceptors (Lipinski definition) is 5. The highest BCUT2D eigenvalue weighted by atomic mass is 35.5. The van der Waals surface area contributed by atoms with Crippen LogP contribution < -0.4 is 14.9 Å². The van der Waals surface area contributed by atoms with Crippen molar-refractivity contribution in [2.45, 2.75) is 45.5 Å². The van der Waals surface area contributed by atoms with Crippen LogP contribution in [0, 0.1) is 0 Å². The van der Waals surface area contributed by atoms with Gasteiger partial charge in [-0.2, -0.15) is 0 Å². The monoisotopic (exact) mass is 377 g/mol. The third-order valence-electron chi connectivity index (χ3n) is 4.82. The molecule has 0 N–H and O–H groups in total. The minimum atomic E-state index is -0.443. The van der Waals surface area contributed by atoms with E-state index in [9.17, 15) is 0 Å². The fourth-order valence-electron chi connectivity index (χ4n) is 2.51. The Bertz CT molecular complexity index is 721. The van der Waals surface area contributed by atoms with Gasteiger partial charge in [0.15, 0.2) is 0 Å². The normalized spacial score (nSPS) is 17.5. The summed E-state index contributed by atoms with van der Waals surface area (Å²) in [6.07, 6.45) is 3.45. The fraction of sp³-hybridized carbons (Fsp3) is 0.421. The van der Waals surface area contributed by atoms with E-state index >= 15 is 0 Å². The second-order valence-corrected chi connectivity index (χ2v) is 7.18. The van der Waals surface area contributed by atoms with E-state index in [0.29, 0.717) is 12.4 Å². The van der Waals surface area contributed by atoms with Gasteiger partial charge in [0.2, 0.25) is 0 Å². The summed E-state index contributed by atoms with van der Waals surface area (Å²) in [5.74, 6) is 1.51. The van der Waals surface area contributed by atoms with Crippen molar-refractivity contribution in [2.75, 3.05) is 7.11 Å². The van der Waals surface area contributed by atoms with Crippen molar-refractivity contribution in [3.63, 3.8) is 0 Å². The molecule has 1 aliphatic rings. The number of halogens is 1. The Balaban J connectivity index is 0.00000243. The lowest BCUT2D eigenvalue weighted by Gasteiger charge is -2.32. The van der Waals surface area contributed by atoms with Gasteiger partial charge in [-0.1, -0.05) is 12.1 Å². The number of pyridine rings is 1. The standard InChI is InChI=1S/C19H24BNO4.ClH/c1-18(2)19(3,4)25-20(24-18)15-10-17(12-21-11-15)23-13-14-6-8-16(22-5)9-7-14;/h6-12H,13H2,1-5H3;1H. The van der Waals surface area contributed by atoms with E-state index in [2.05, 4.69) is 4.98 Å². The Morgan fingerprint density at radius 1 is 0.962 bits per heavy atom.